The average Bonchev–Trinajstić information content (AvgIpc) is 2.45. The third kappa shape index (κ3) is 19.0. The molecule has 0 saturated carbocycles. The Balaban J connectivity index is 0. The molecular weight excluding hydrogens is 258 g/mol. The van der Waals surface area contributed by atoms with E-state index in [1.54, 1.807) is 0 Å². The average molecular weight is 287 g/mol. The summed E-state index contributed by atoms with van der Waals surface area (Å²) < 4.78 is 4.67. The van der Waals surface area contributed by atoms with Crippen LogP contribution in [0.1, 0.15) is 65.7 Å². The lowest BCUT2D eigenvalue weighted by Crippen LogP contribution is -2.02. The molecular formula is C15H29NO4. The van der Waals surface area contributed by atoms with E-state index in [0.717, 1.165) is 25.7 Å². The summed E-state index contributed by atoms with van der Waals surface area (Å²) in [6.45, 7) is 9.87. The van der Waals surface area contributed by atoms with Crippen molar-refractivity contribution < 1.29 is 14.4 Å². The van der Waals surface area contributed by atoms with Gasteiger partial charge in [0.2, 0.25) is 0 Å². The van der Waals surface area contributed by atoms with Crippen molar-refractivity contribution in [3.63, 3.8) is 0 Å². The first-order valence-corrected chi connectivity index (χ1v) is 7.39. The quantitative estimate of drug-likeness (QED) is 0.184. The molecule has 0 aliphatic rings. The highest BCUT2D eigenvalue weighted by Gasteiger charge is 2.01. The summed E-state index contributed by atoms with van der Waals surface area (Å²) in [4.78, 5) is 24.5. The summed E-state index contributed by atoms with van der Waals surface area (Å²) in [7, 11) is 0. The molecule has 118 valence electrons. The minimum Gasteiger partial charge on any atom is -0.463 e. The zero-order valence-electron chi connectivity index (χ0n) is 13.1. The number of carbonyl (C=O) groups is 1. The molecule has 1 atom stereocenters. The number of ether oxygens (including phenoxy) is 1. The maximum atomic E-state index is 10.3. The van der Waals surface area contributed by atoms with E-state index < -0.39 is 0 Å². The number of rotatable bonds is 11. The standard InChI is InChI=1S/C8H17NO2.C7H12O2/c1-3-4-5-6-7-8(2)11-9-10;1-3-5-6-9-7(8)4-2/h8H,3-7H2,1-2H3;4H,2-3,5-6H2,1H3. The lowest BCUT2D eigenvalue weighted by molar-refractivity contribution is -0.137. The molecule has 0 N–H and O–H groups in total. The second-order valence-electron chi connectivity index (χ2n) is 4.57. The first-order chi connectivity index (χ1) is 9.62. The fraction of sp³-hybridized carbons (Fsp3) is 0.800. The summed E-state index contributed by atoms with van der Waals surface area (Å²) in [5.74, 6) is -0.330. The number of nitrogens with zero attached hydrogens (tertiary/aromatic N) is 1. The zero-order valence-corrected chi connectivity index (χ0v) is 13.1. The van der Waals surface area contributed by atoms with E-state index in [0.29, 0.717) is 6.61 Å². The fourth-order valence-corrected chi connectivity index (χ4v) is 1.36. The molecule has 0 saturated heterocycles. The van der Waals surface area contributed by atoms with Crippen molar-refractivity contribution in [2.45, 2.75) is 71.8 Å². The Kier molecular flexibility index (Phi) is 18.4. The van der Waals surface area contributed by atoms with E-state index in [1.807, 2.05) is 13.8 Å². The second-order valence-corrected chi connectivity index (χ2v) is 4.57. The van der Waals surface area contributed by atoms with Crippen molar-refractivity contribution in [3.05, 3.63) is 17.6 Å². The Bertz CT molecular complexity index is 244. The third-order valence-corrected chi connectivity index (χ3v) is 2.60. The lowest BCUT2D eigenvalue weighted by Gasteiger charge is -2.05. The molecule has 0 radical (unpaired) electrons. The van der Waals surface area contributed by atoms with Crippen LogP contribution in [0, 0.1) is 4.91 Å². The summed E-state index contributed by atoms with van der Waals surface area (Å²) in [5, 5.41) is 2.38. The molecule has 20 heavy (non-hydrogen) atoms. The number of hydrogen-bond acceptors (Lipinski definition) is 5. The van der Waals surface area contributed by atoms with Crippen LogP contribution in [0.2, 0.25) is 0 Å². The minimum absolute atomic E-state index is 0.00986. The Morgan fingerprint density at radius 1 is 1.20 bits per heavy atom. The smallest absolute Gasteiger partial charge is 0.330 e. The van der Waals surface area contributed by atoms with Crippen molar-refractivity contribution in [3.8, 4) is 0 Å². The molecule has 0 aromatic carbocycles. The fourth-order valence-electron chi connectivity index (χ4n) is 1.36. The summed E-state index contributed by atoms with van der Waals surface area (Å²) in [6.07, 6.45) is 8.94. The molecule has 5 heteroatoms. The van der Waals surface area contributed by atoms with Crippen molar-refractivity contribution >= 4 is 5.97 Å². The largest absolute Gasteiger partial charge is 0.463 e. The van der Waals surface area contributed by atoms with Gasteiger partial charge in [0, 0.05) is 6.08 Å². The topological polar surface area (TPSA) is 65.0 Å². The monoisotopic (exact) mass is 287 g/mol. The SMILES string of the molecule is C=CC(=O)OCCCC.CCCCCCC(C)ON=O. The van der Waals surface area contributed by atoms with Crippen LogP contribution in [0.15, 0.2) is 18.0 Å². The van der Waals surface area contributed by atoms with Crippen molar-refractivity contribution in [2.24, 2.45) is 5.34 Å². The summed E-state index contributed by atoms with van der Waals surface area (Å²) >= 11 is 0. The Morgan fingerprint density at radius 3 is 2.35 bits per heavy atom. The molecule has 0 heterocycles. The summed E-state index contributed by atoms with van der Waals surface area (Å²) in [6, 6.07) is 0. The van der Waals surface area contributed by atoms with Gasteiger partial charge in [0.1, 0.15) is 6.10 Å². The van der Waals surface area contributed by atoms with Crippen LogP contribution in [0.25, 0.3) is 0 Å². The molecule has 0 spiro atoms. The summed E-state index contributed by atoms with van der Waals surface area (Å²) in [5.41, 5.74) is 0. The molecule has 0 bridgehead atoms. The van der Waals surface area contributed by atoms with Gasteiger partial charge in [0.25, 0.3) is 0 Å². The number of unbranched alkanes of at least 4 members (excludes halogenated alkanes) is 4. The van der Waals surface area contributed by atoms with Gasteiger partial charge in [-0.25, -0.2) is 4.79 Å². The van der Waals surface area contributed by atoms with Gasteiger partial charge in [0.05, 0.1) is 6.61 Å². The van der Waals surface area contributed by atoms with Crippen LogP contribution in [0.4, 0.5) is 0 Å². The molecule has 0 aromatic heterocycles. The van der Waals surface area contributed by atoms with Crippen LogP contribution in [0.3, 0.4) is 0 Å². The normalized spacial score (nSPS) is 10.8. The van der Waals surface area contributed by atoms with Gasteiger partial charge in [-0.3, -0.25) is 0 Å². The van der Waals surface area contributed by atoms with Crippen LogP contribution >= 0.6 is 0 Å². The number of hydrogen-bond donors (Lipinski definition) is 0. The van der Waals surface area contributed by atoms with Gasteiger partial charge in [-0.2, -0.15) is 0 Å². The molecule has 0 aliphatic carbocycles. The molecule has 5 nitrogen and oxygen atoms in total. The van der Waals surface area contributed by atoms with Crippen LogP contribution in [-0.4, -0.2) is 18.7 Å². The van der Waals surface area contributed by atoms with E-state index in [2.05, 4.69) is 28.4 Å². The highest BCUT2D eigenvalue weighted by Crippen LogP contribution is 2.07. The van der Waals surface area contributed by atoms with E-state index in [1.165, 1.54) is 25.3 Å². The first-order valence-electron chi connectivity index (χ1n) is 7.39. The van der Waals surface area contributed by atoms with Gasteiger partial charge in [-0.15, -0.1) is 4.91 Å². The van der Waals surface area contributed by atoms with Crippen LogP contribution in [0.5, 0.6) is 0 Å². The highest BCUT2D eigenvalue weighted by atomic mass is 16.7. The Hall–Kier alpha value is -1.39. The van der Waals surface area contributed by atoms with Crippen LogP contribution < -0.4 is 0 Å². The Labute approximate surface area is 122 Å². The van der Waals surface area contributed by atoms with E-state index in [-0.39, 0.29) is 12.1 Å². The maximum Gasteiger partial charge on any atom is 0.330 e. The predicted octanol–water partition coefficient (Wildman–Crippen LogP) is 4.56. The zero-order chi connectivity index (χ0) is 15.6. The van der Waals surface area contributed by atoms with Gasteiger partial charge in [0.15, 0.2) is 5.34 Å². The molecule has 0 fully saturated rings. The predicted molar refractivity (Wildman–Crippen MR) is 81.2 cm³/mol. The molecule has 0 rings (SSSR count). The maximum absolute atomic E-state index is 10.3. The molecule has 0 amide bonds. The third-order valence-electron chi connectivity index (χ3n) is 2.60. The molecule has 0 aromatic rings. The number of esters is 1. The van der Waals surface area contributed by atoms with E-state index in [4.69, 9.17) is 0 Å². The minimum atomic E-state index is -0.330. The van der Waals surface area contributed by atoms with E-state index in [9.17, 15) is 9.70 Å². The van der Waals surface area contributed by atoms with Crippen LogP contribution in [-0.2, 0) is 14.4 Å². The van der Waals surface area contributed by atoms with Crippen molar-refractivity contribution in [1.82, 2.24) is 0 Å². The van der Waals surface area contributed by atoms with Gasteiger partial charge < -0.3 is 9.57 Å². The van der Waals surface area contributed by atoms with Crippen molar-refractivity contribution in [1.29, 1.82) is 0 Å². The second kappa shape index (κ2) is 17.6. The van der Waals surface area contributed by atoms with Gasteiger partial charge in [-0.05, 0) is 26.2 Å². The van der Waals surface area contributed by atoms with Crippen molar-refractivity contribution in [2.75, 3.05) is 6.61 Å². The highest BCUT2D eigenvalue weighted by molar-refractivity contribution is 5.81. The van der Waals surface area contributed by atoms with Gasteiger partial charge in [-0.1, -0.05) is 46.1 Å². The molecule has 0 aliphatic heterocycles. The van der Waals surface area contributed by atoms with Gasteiger partial charge >= 0.3 is 5.97 Å². The molecule has 1 unspecified atom stereocenters. The number of carbonyl (C=O) groups excluding carboxylic acids is 1. The lowest BCUT2D eigenvalue weighted by atomic mass is 10.1. The van der Waals surface area contributed by atoms with E-state index >= 15 is 0 Å². The Morgan fingerprint density at radius 2 is 1.85 bits per heavy atom. The first kappa shape index (κ1) is 20.9.